The van der Waals surface area contributed by atoms with E-state index in [9.17, 15) is 9.50 Å². The molecule has 3 aliphatic rings. The van der Waals surface area contributed by atoms with Crippen molar-refractivity contribution in [3.8, 4) is 11.5 Å². The Hall–Kier alpha value is -2.11. The minimum absolute atomic E-state index is 0.0804. The molecule has 0 aromatic heterocycles. The summed E-state index contributed by atoms with van der Waals surface area (Å²) in [7, 11) is 0. The first-order chi connectivity index (χ1) is 13.6. The molecule has 3 atom stereocenters. The highest BCUT2D eigenvalue weighted by atomic mass is 19.1. The zero-order valence-electron chi connectivity index (χ0n) is 15.9. The van der Waals surface area contributed by atoms with Gasteiger partial charge in [0.05, 0.1) is 5.60 Å². The lowest BCUT2D eigenvalue weighted by atomic mass is 9.66. The summed E-state index contributed by atoms with van der Waals surface area (Å²) in [4.78, 5) is 2.40. The Balaban J connectivity index is 1.51. The van der Waals surface area contributed by atoms with Crippen LogP contribution in [0.4, 0.5) is 4.39 Å². The van der Waals surface area contributed by atoms with Gasteiger partial charge in [-0.3, -0.25) is 4.90 Å². The maximum absolute atomic E-state index is 13.7. The molecule has 0 spiro atoms. The van der Waals surface area contributed by atoms with Crippen molar-refractivity contribution in [2.75, 3.05) is 13.3 Å². The molecule has 1 aliphatic carbocycles. The molecule has 1 saturated heterocycles. The first kappa shape index (κ1) is 18.0. The molecular weight excluding hydrogens is 357 g/mol. The van der Waals surface area contributed by atoms with E-state index in [1.165, 1.54) is 6.07 Å². The predicted octanol–water partition coefficient (Wildman–Crippen LogP) is 4.42. The molecule has 5 rings (SSSR count). The van der Waals surface area contributed by atoms with Gasteiger partial charge in [0.15, 0.2) is 11.5 Å². The van der Waals surface area contributed by atoms with E-state index in [1.807, 2.05) is 12.1 Å². The quantitative estimate of drug-likeness (QED) is 0.852. The second-order valence-electron chi connectivity index (χ2n) is 8.36. The van der Waals surface area contributed by atoms with Gasteiger partial charge in [-0.05, 0) is 54.7 Å². The Kier molecular flexibility index (Phi) is 4.52. The number of hydrogen-bond donors (Lipinski definition) is 1. The zero-order chi connectivity index (χ0) is 19.1. The Morgan fingerprint density at radius 1 is 1.07 bits per heavy atom. The molecule has 1 N–H and O–H groups in total. The highest BCUT2D eigenvalue weighted by molar-refractivity contribution is 5.45. The smallest absolute Gasteiger partial charge is 0.231 e. The number of aliphatic hydroxyl groups is 1. The summed E-state index contributed by atoms with van der Waals surface area (Å²) in [5.41, 5.74) is 1.50. The first-order valence-corrected chi connectivity index (χ1v) is 10.2. The highest BCUT2D eigenvalue weighted by Gasteiger charge is 2.49. The molecule has 28 heavy (non-hydrogen) atoms. The molecule has 0 bridgehead atoms. The SMILES string of the molecule is O[C@]12CCCC[C@@H]1[C@H](c1ccc3c(c1)OCO3)N(Cc1cccc(F)c1)CC2. The summed E-state index contributed by atoms with van der Waals surface area (Å²) in [5.74, 6) is 1.51. The summed E-state index contributed by atoms with van der Waals surface area (Å²) in [6.45, 7) is 1.72. The van der Waals surface area contributed by atoms with Crippen LogP contribution in [-0.4, -0.2) is 28.9 Å². The lowest BCUT2D eigenvalue weighted by molar-refractivity contribution is -0.126. The second kappa shape index (κ2) is 7.05. The fourth-order valence-corrected chi connectivity index (χ4v) is 5.33. The third kappa shape index (κ3) is 3.16. The van der Waals surface area contributed by atoms with E-state index in [2.05, 4.69) is 17.0 Å². The molecule has 0 amide bonds. The molecule has 2 aromatic carbocycles. The molecule has 2 aromatic rings. The van der Waals surface area contributed by atoms with Gasteiger partial charge in [-0.1, -0.05) is 31.0 Å². The molecule has 148 valence electrons. The van der Waals surface area contributed by atoms with Crippen LogP contribution in [0.1, 0.15) is 49.3 Å². The van der Waals surface area contributed by atoms with E-state index in [-0.39, 0.29) is 24.6 Å². The summed E-state index contributed by atoms with van der Waals surface area (Å²) < 4.78 is 24.8. The lowest BCUT2D eigenvalue weighted by Gasteiger charge is -2.52. The molecule has 4 nitrogen and oxygen atoms in total. The van der Waals surface area contributed by atoms with Crippen LogP contribution in [0.15, 0.2) is 42.5 Å². The standard InChI is InChI=1S/C23H26FNO3/c24-18-5-3-4-16(12-18)14-25-11-10-23(26)9-2-1-6-19(23)22(25)17-7-8-20-21(13-17)28-15-27-20/h3-5,7-8,12-13,19,22,26H,1-2,6,9-11,14-15H2/t19-,22+,23+/m1/s1. The van der Waals surface area contributed by atoms with Crippen molar-refractivity contribution in [1.82, 2.24) is 4.90 Å². The van der Waals surface area contributed by atoms with Crippen molar-refractivity contribution in [3.63, 3.8) is 0 Å². The van der Waals surface area contributed by atoms with Crippen LogP contribution in [0.5, 0.6) is 11.5 Å². The minimum Gasteiger partial charge on any atom is -0.454 e. The van der Waals surface area contributed by atoms with E-state index in [1.54, 1.807) is 12.1 Å². The fraction of sp³-hybridized carbons (Fsp3) is 0.478. The summed E-state index contributed by atoms with van der Waals surface area (Å²) in [6.07, 6.45) is 4.88. The van der Waals surface area contributed by atoms with Crippen molar-refractivity contribution in [2.45, 2.75) is 50.3 Å². The number of nitrogens with zero attached hydrogens (tertiary/aromatic N) is 1. The Bertz CT molecular complexity index is 873. The van der Waals surface area contributed by atoms with Gasteiger partial charge in [-0.15, -0.1) is 0 Å². The van der Waals surface area contributed by atoms with Gasteiger partial charge in [-0.2, -0.15) is 0 Å². The average molecular weight is 383 g/mol. The zero-order valence-corrected chi connectivity index (χ0v) is 15.9. The van der Waals surface area contributed by atoms with Gasteiger partial charge in [0.25, 0.3) is 0 Å². The minimum atomic E-state index is -0.613. The summed E-state index contributed by atoms with van der Waals surface area (Å²) >= 11 is 0. The predicted molar refractivity (Wildman–Crippen MR) is 104 cm³/mol. The normalized spacial score (nSPS) is 29.5. The molecule has 0 radical (unpaired) electrons. The van der Waals surface area contributed by atoms with E-state index in [4.69, 9.17) is 9.47 Å². The molecular formula is C23H26FNO3. The van der Waals surface area contributed by atoms with Crippen molar-refractivity contribution >= 4 is 0 Å². The molecule has 5 heteroatoms. The van der Waals surface area contributed by atoms with E-state index in [0.717, 1.165) is 61.3 Å². The molecule has 2 fully saturated rings. The molecule has 0 unspecified atom stereocenters. The second-order valence-corrected chi connectivity index (χ2v) is 8.36. The Morgan fingerprint density at radius 3 is 2.86 bits per heavy atom. The van der Waals surface area contributed by atoms with Crippen molar-refractivity contribution < 1.29 is 19.0 Å². The van der Waals surface area contributed by atoms with Gasteiger partial charge in [0, 0.05) is 25.0 Å². The van der Waals surface area contributed by atoms with Crippen LogP contribution >= 0.6 is 0 Å². The maximum atomic E-state index is 13.7. The number of likely N-dealkylation sites (tertiary alicyclic amines) is 1. The third-order valence-corrected chi connectivity index (χ3v) is 6.68. The lowest BCUT2D eigenvalue weighted by Crippen LogP contribution is -2.54. The van der Waals surface area contributed by atoms with Gasteiger partial charge in [0.2, 0.25) is 6.79 Å². The number of halogens is 1. The van der Waals surface area contributed by atoms with Crippen LogP contribution in [0.2, 0.25) is 0 Å². The van der Waals surface area contributed by atoms with Crippen molar-refractivity contribution in [3.05, 3.63) is 59.4 Å². The van der Waals surface area contributed by atoms with Gasteiger partial charge >= 0.3 is 0 Å². The average Bonchev–Trinajstić information content (AvgIpc) is 3.16. The number of fused-ring (bicyclic) bond motifs is 2. The summed E-state index contributed by atoms with van der Waals surface area (Å²) in [6, 6.07) is 13.0. The van der Waals surface area contributed by atoms with Gasteiger partial charge in [0.1, 0.15) is 5.82 Å². The van der Waals surface area contributed by atoms with Crippen LogP contribution in [-0.2, 0) is 6.54 Å². The largest absolute Gasteiger partial charge is 0.454 e. The Morgan fingerprint density at radius 2 is 1.96 bits per heavy atom. The van der Waals surface area contributed by atoms with Crippen molar-refractivity contribution in [2.24, 2.45) is 5.92 Å². The first-order valence-electron chi connectivity index (χ1n) is 10.2. The molecule has 1 saturated carbocycles. The van der Waals surface area contributed by atoms with Gasteiger partial charge in [-0.25, -0.2) is 4.39 Å². The van der Waals surface area contributed by atoms with Crippen LogP contribution < -0.4 is 9.47 Å². The highest BCUT2D eigenvalue weighted by Crippen LogP contribution is 2.50. The Labute approximate surface area is 164 Å². The van der Waals surface area contributed by atoms with Crippen LogP contribution in [0.3, 0.4) is 0 Å². The van der Waals surface area contributed by atoms with E-state index < -0.39 is 5.60 Å². The number of rotatable bonds is 3. The monoisotopic (exact) mass is 383 g/mol. The third-order valence-electron chi connectivity index (χ3n) is 6.68. The van der Waals surface area contributed by atoms with Crippen molar-refractivity contribution in [1.29, 1.82) is 0 Å². The van der Waals surface area contributed by atoms with Crippen LogP contribution in [0.25, 0.3) is 0 Å². The summed E-state index contributed by atoms with van der Waals surface area (Å²) in [5, 5.41) is 11.4. The fourth-order valence-electron chi connectivity index (χ4n) is 5.33. The van der Waals surface area contributed by atoms with E-state index in [0.29, 0.717) is 6.54 Å². The molecule has 2 heterocycles. The van der Waals surface area contributed by atoms with Crippen LogP contribution in [0, 0.1) is 11.7 Å². The number of benzene rings is 2. The maximum Gasteiger partial charge on any atom is 0.231 e. The topological polar surface area (TPSA) is 41.9 Å². The number of hydrogen-bond acceptors (Lipinski definition) is 4. The number of piperidine rings is 1. The molecule has 2 aliphatic heterocycles. The van der Waals surface area contributed by atoms with E-state index >= 15 is 0 Å². The van der Waals surface area contributed by atoms with Gasteiger partial charge < -0.3 is 14.6 Å². The number of ether oxygens (including phenoxy) is 2.